The summed E-state index contributed by atoms with van der Waals surface area (Å²) in [7, 11) is 1.96. The van der Waals surface area contributed by atoms with E-state index < -0.39 is 0 Å². The number of likely N-dealkylation sites (N-methyl/N-ethyl adjacent to an activating group) is 1. The third kappa shape index (κ3) is 3.60. The predicted octanol–water partition coefficient (Wildman–Crippen LogP) is 2.78. The van der Waals surface area contributed by atoms with E-state index >= 15 is 0 Å². The van der Waals surface area contributed by atoms with E-state index in [2.05, 4.69) is 41.4 Å². The second-order valence-corrected chi connectivity index (χ2v) is 5.66. The minimum Gasteiger partial charge on any atom is -0.338 e. The Labute approximate surface area is 122 Å². The molecular weight excluding hydrogens is 248 g/mol. The summed E-state index contributed by atoms with van der Waals surface area (Å²) in [6.07, 6.45) is 3.93. The fourth-order valence-corrected chi connectivity index (χ4v) is 3.16. The van der Waals surface area contributed by atoms with E-state index in [0.29, 0.717) is 24.3 Å². The molecule has 2 rings (SSSR count). The molecule has 0 bridgehead atoms. The van der Waals surface area contributed by atoms with Gasteiger partial charge in [-0.3, -0.25) is 4.79 Å². The predicted molar refractivity (Wildman–Crippen MR) is 82.8 cm³/mol. The molecule has 2 atom stereocenters. The lowest BCUT2D eigenvalue weighted by molar-refractivity contribution is -0.132. The molecule has 20 heavy (non-hydrogen) atoms. The summed E-state index contributed by atoms with van der Waals surface area (Å²) in [4.78, 5) is 14.7. The lowest BCUT2D eigenvalue weighted by Gasteiger charge is -2.26. The van der Waals surface area contributed by atoms with Crippen molar-refractivity contribution in [3.05, 3.63) is 35.9 Å². The van der Waals surface area contributed by atoms with Gasteiger partial charge >= 0.3 is 0 Å². The lowest BCUT2D eigenvalue weighted by Crippen LogP contribution is -2.41. The molecule has 1 aliphatic rings. The number of hydrogen-bond acceptors (Lipinski definition) is 2. The van der Waals surface area contributed by atoms with Crippen LogP contribution >= 0.6 is 0 Å². The van der Waals surface area contributed by atoms with Crippen LogP contribution in [-0.2, 0) is 4.79 Å². The summed E-state index contributed by atoms with van der Waals surface area (Å²) in [6.45, 7) is 4.00. The molecule has 1 N–H and O–H groups in total. The Kier molecular flexibility index (Phi) is 5.60. The summed E-state index contributed by atoms with van der Waals surface area (Å²) in [5.74, 6) is 0.665. The van der Waals surface area contributed by atoms with Crippen molar-refractivity contribution in [3.8, 4) is 0 Å². The van der Waals surface area contributed by atoms with Gasteiger partial charge in [0.25, 0.3) is 0 Å². The number of amides is 1. The first-order chi connectivity index (χ1) is 9.76. The third-order valence-corrected chi connectivity index (χ3v) is 4.32. The quantitative estimate of drug-likeness (QED) is 0.865. The van der Waals surface area contributed by atoms with Crippen molar-refractivity contribution in [1.29, 1.82) is 0 Å². The normalized spacial score (nSPS) is 20.1. The minimum absolute atomic E-state index is 0.318. The minimum atomic E-state index is 0.318. The molecule has 1 aliphatic heterocycles. The molecule has 3 heteroatoms. The first kappa shape index (κ1) is 15.0. The smallest absolute Gasteiger partial charge is 0.223 e. The van der Waals surface area contributed by atoms with E-state index in [1.54, 1.807) is 0 Å². The van der Waals surface area contributed by atoms with E-state index in [9.17, 15) is 4.79 Å². The van der Waals surface area contributed by atoms with Crippen LogP contribution in [0.5, 0.6) is 0 Å². The van der Waals surface area contributed by atoms with Crippen LogP contribution in [0.2, 0.25) is 0 Å². The molecule has 1 amide bonds. The van der Waals surface area contributed by atoms with Crippen LogP contribution in [0.4, 0.5) is 0 Å². The maximum absolute atomic E-state index is 12.6. The zero-order valence-corrected chi connectivity index (χ0v) is 12.6. The molecule has 0 aliphatic carbocycles. The maximum atomic E-state index is 12.6. The number of nitrogens with zero attached hydrogens (tertiary/aromatic N) is 1. The summed E-state index contributed by atoms with van der Waals surface area (Å²) in [6, 6.07) is 10.8. The number of carbonyl (C=O) groups is 1. The van der Waals surface area contributed by atoms with Crippen molar-refractivity contribution in [3.63, 3.8) is 0 Å². The van der Waals surface area contributed by atoms with Gasteiger partial charge in [0.05, 0.1) is 0 Å². The lowest BCUT2D eigenvalue weighted by atomic mass is 9.92. The molecule has 1 aromatic carbocycles. The molecule has 110 valence electrons. The number of rotatable bonds is 6. The van der Waals surface area contributed by atoms with Gasteiger partial charge in [-0.15, -0.1) is 0 Å². The van der Waals surface area contributed by atoms with Gasteiger partial charge in [-0.2, -0.15) is 0 Å². The SMILES string of the molecule is CCC(CC(=O)N1CCCC1CNC)c1ccccc1. The highest BCUT2D eigenvalue weighted by molar-refractivity contribution is 5.77. The Bertz CT molecular complexity index is 418. The van der Waals surface area contributed by atoms with Crippen LogP contribution in [0.15, 0.2) is 30.3 Å². The van der Waals surface area contributed by atoms with Crippen molar-refractivity contribution in [2.75, 3.05) is 20.1 Å². The Morgan fingerprint density at radius 1 is 1.40 bits per heavy atom. The van der Waals surface area contributed by atoms with Crippen LogP contribution in [0.1, 0.15) is 44.1 Å². The molecule has 1 heterocycles. The Balaban J connectivity index is 1.99. The van der Waals surface area contributed by atoms with Gasteiger partial charge in [-0.1, -0.05) is 37.3 Å². The second kappa shape index (κ2) is 7.44. The van der Waals surface area contributed by atoms with Gasteiger partial charge in [-0.25, -0.2) is 0 Å². The van der Waals surface area contributed by atoms with Crippen molar-refractivity contribution in [2.45, 2.75) is 44.6 Å². The number of hydrogen-bond donors (Lipinski definition) is 1. The average Bonchev–Trinajstić information content (AvgIpc) is 2.94. The highest BCUT2D eigenvalue weighted by Gasteiger charge is 2.29. The van der Waals surface area contributed by atoms with Gasteiger partial charge in [-0.05, 0) is 37.8 Å². The standard InChI is InChI=1S/C17H26N2O/c1-3-14(15-8-5-4-6-9-15)12-17(20)19-11-7-10-16(19)13-18-2/h4-6,8-9,14,16,18H,3,7,10-13H2,1-2H3. The van der Waals surface area contributed by atoms with Crippen molar-refractivity contribution >= 4 is 5.91 Å². The first-order valence-electron chi connectivity index (χ1n) is 7.75. The monoisotopic (exact) mass is 274 g/mol. The average molecular weight is 274 g/mol. The molecule has 1 aromatic rings. The molecule has 1 saturated heterocycles. The number of carbonyl (C=O) groups excluding carboxylic acids is 1. The molecule has 0 radical (unpaired) electrons. The number of nitrogens with one attached hydrogen (secondary N) is 1. The zero-order valence-electron chi connectivity index (χ0n) is 12.6. The van der Waals surface area contributed by atoms with E-state index in [-0.39, 0.29) is 0 Å². The van der Waals surface area contributed by atoms with Gasteiger partial charge < -0.3 is 10.2 Å². The van der Waals surface area contributed by atoms with Crippen LogP contribution in [0, 0.1) is 0 Å². The van der Waals surface area contributed by atoms with Crippen LogP contribution in [0.3, 0.4) is 0 Å². The highest BCUT2D eigenvalue weighted by Crippen LogP contribution is 2.26. The highest BCUT2D eigenvalue weighted by atomic mass is 16.2. The van der Waals surface area contributed by atoms with E-state index in [1.807, 2.05) is 13.1 Å². The molecule has 1 fully saturated rings. The summed E-state index contributed by atoms with van der Waals surface area (Å²) >= 11 is 0. The van der Waals surface area contributed by atoms with Gasteiger partial charge in [0.2, 0.25) is 5.91 Å². The molecule has 0 saturated carbocycles. The Morgan fingerprint density at radius 2 is 2.15 bits per heavy atom. The largest absolute Gasteiger partial charge is 0.338 e. The molecule has 0 aromatic heterocycles. The Morgan fingerprint density at radius 3 is 2.80 bits per heavy atom. The van der Waals surface area contributed by atoms with Crippen LogP contribution < -0.4 is 5.32 Å². The van der Waals surface area contributed by atoms with Crippen molar-refractivity contribution in [2.24, 2.45) is 0 Å². The van der Waals surface area contributed by atoms with Gasteiger partial charge in [0.1, 0.15) is 0 Å². The van der Waals surface area contributed by atoms with Crippen LogP contribution in [-0.4, -0.2) is 37.0 Å². The molecule has 2 unspecified atom stereocenters. The van der Waals surface area contributed by atoms with E-state index in [1.165, 1.54) is 5.56 Å². The van der Waals surface area contributed by atoms with Gasteiger partial charge in [0.15, 0.2) is 0 Å². The third-order valence-electron chi connectivity index (χ3n) is 4.32. The Hall–Kier alpha value is -1.35. The van der Waals surface area contributed by atoms with E-state index in [0.717, 1.165) is 32.4 Å². The van der Waals surface area contributed by atoms with E-state index in [4.69, 9.17) is 0 Å². The molecular formula is C17H26N2O. The number of likely N-dealkylation sites (tertiary alicyclic amines) is 1. The van der Waals surface area contributed by atoms with Gasteiger partial charge in [0, 0.05) is 25.6 Å². The maximum Gasteiger partial charge on any atom is 0.223 e. The van der Waals surface area contributed by atoms with Crippen molar-refractivity contribution in [1.82, 2.24) is 10.2 Å². The fraction of sp³-hybridized carbons (Fsp3) is 0.588. The molecule has 0 spiro atoms. The first-order valence-corrected chi connectivity index (χ1v) is 7.75. The second-order valence-electron chi connectivity index (χ2n) is 5.66. The van der Waals surface area contributed by atoms with Crippen LogP contribution in [0.25, 0.3) is 0 Å². The zero-order chi connectivity index (χ0) is 14.4. The fourth-order valence-electron chi connectivity index (χ4n) is 3.16. The molecule has 3 nitrogen and oxygen atoms in total. The van der Waals surface area contributed by atoms with Crippen molar-refractivity contribution < 1.29 is 4.79 Å². The summed E-state index contributed by atoms with van der Waals surface area (Å²) < 4.78 is 0. The number of benzene rings is 1. The topological polar surface area (TPSA) is 32.3 Å². The summed E-state index contributed by atoms with van der Waals surface area (Å²) in [5.41, 5.74) is 1.28. The summed E-state index contributed by atoms with van der Waals surface area (Å²) in [5, 5.41) is 3.20.